The van der Waals surface area contributed by atoms with Crippen LogP contribution in [0.1, 0.15) is 23.2 Å². The fraction of sp³-hybridized carbons (Fsp3) is 0.385. The van der Waals surface area contributed by atoms with Gasteiger partial charge in [-0.3, -0.25) is 19.4 Å². The van der Waals surface area contributed by atoms with Crippen molar-refractivity contribution in [2.24, 2.45) is 5.92 Å². The van der Waals surface area contributed by atoms with Gasteiger partial charge in [-0.15, -0.1) is 0 Å². The van der Waals surface area contributed by atoms with Gasteiger partial charge in [-0.1, -0.05) is 18.2 Å². The number of nitrogens with one attached hydrogen (secondary N) is 1. The number of sulfonamides is 1. The van der Waals surface area contributed by atoms with Crippen molar-refractivity contribution < 1.29 is 17.9 Å². The van der Waals surface area contributed by atoms with E-state index in [0.29, 0.717) is 35.8 Å². The Morgan fingerprint density at radius 3 is 2.43 bits per heavy atom. The van der Waals surface area contributed by atoms with Crippen LogP contribution in [0.4, 0.5) is 5.69 Å². The maximum atomic E-state index is 13.0. The van der Waals surface area contributed by atoms with Crippen LogP contribution in [0.2, 0.25) is 0 Å². The third-order valence-electron chi connectivity index (χ3n) is 6.79. The molecule has 35 heavy (non-hydrogen) atoms. The van der Waals surface area contributed by atoms with Gasteiger partial charge in [0.05, 0.1) is 5.52 Å². The van der Waals surface area contributed by atoms with Crippen molar-refractivity contribution in [3.05, 3.63) is 66.4 Å². The highest BCUT2D eigenvalue weighted by Crippen LogP contribution is 2.24. The Kier molecular flexibility index (Phi) is 6.99. The summed E-state index contributed by atoms with van der Waals surface area (Å²) in [5.41, 5.74) is 1.37. The minimum absolute atomic E-state index is 0.0247. The maximum absolute atomic E-state index is 13.0. The quantitative estimate of drug-likeness (QED) is 0.566. The molecule has 0 atom stereocenters. The maximum Gasteiger partial charge on any atom is 0.264 e. The largest absolute Gasteiger partial charge is 0.381 e. The molecule has 2 aliphatic heterocycles. The number of hydrogen-bond acceptors (Lipinski definition) is 6. The van der Waals surface area contributed by atoms with Gasteiger partial charge in [0.15, 0.2) is 0 Å². The number of anilines is 1. The van der Waals surface area contributed by atoms with E-state index in [1.807, 2.05) is 17.0 Å². The number of nitrogens with zero attached hydrogens (tertiary/aromatic N) is 3. The highest BCUT2D eigenvalue weighted by molar-refractivity contribution is 7.93. The number of carbonyl (C=O) groups is 1. The highest BCUT2D eigenvalue weighted by atomic mass is 32.2. The number of rotatable bonds is 6. The summed E-state index contributed by atoms with van der Waals surface area (Å²) in [5.74, 6) is 0.662. The molecule has 2 aliphatic rings. The molecule has 0 saturated carbocycles. The Morgan fingerprint density at radius 2 is 1.69 bits per heavy atom. The number of para-hydroxylation sites is 1. The average Bonchev–Trinajstić information content (AvgIpc) is 2.89. The summed E-state index contributed by atoms with van der Waals surface area (Å²) < 4.78 is 34.1. The summed E-state index contributed by atoms with van der Waals surface area (Å²) >= 11 is 0. The third-order valence-corrected chi connectivity index (χ3v) is 8.20. The predicted octanol–water partition coefficient (Wildman–Crippen LogP) is 3.22. The molecule has 0 radical (unpaired) electrons. The first-order valence-corrected chi connectivity index (χ1v) is 13.5. The molecule has 9 heteroatoms. The van der Waals surface area contributed by atoms with Gasteiger partial charge in [0.25, 0.3) is 15.9 Å². The second-order valence-electron chi connectivity index (χ2n) is 9.16. The summed E-state index contributed by atoms with van der Waals surface area (Å²) in [6, 6.07) is 15.3. The molecule has 0 aliphatic carbocycles. The summed E-state index contributed by atoms with van der Waals surface area (Å²) in [7, 11) is -3.83. The molecule has 0 spiro atoms. The lowest BCUT2D eigenvalue weighted by molar-refractivity contribution is 0.0393. The summed E-state index contributed by atoms with van der Waals surface area (Å²) in [6.45, 7) is 5.93. The molecular weight excluding hydrogens is 464 g/mol. The molecule has 1 aromatic heterocycles. The number of amides is 1. The van der Waals surface area contributed by atoms with E-state index in [2.05, 4.69) is 14.6 Å². The molecule has 2 fully saturated rings. The van der Waals surface area contributed by atoms with Crippen molar-refractivity contribution in [3.8, 4) is 0 Å². The van der Waals surface area contributed by atoms with Crippen molar-refractivity contribution >= 4 is 32.5 Å². The first-order valence-electron chi connectivity index (χ1n) is 12.1. The second-order valence-corrected chi connectivity index (χ2v) is 10.8. The number of piperazine rings is 1. The van der Waals surface area contributed by atoms with Gasteiger partial charge in [-0.05, 0) is 55.2 Å². The normalized spacial score (nSPS) is 18.0. The van der Waals surface area contributed by atoms with Crippen molar-refractivity contribution in [2.75, 3.05) is 50.7 Å². The Morgan fingerprint density at radius 1 is 0.971 bits per heavy atom. The van der Waals surface area contributed by atoms with E-state index in [1.165, 1.54) is 6.07 Å². The zero-order chi connectivity index (χ0) is 24.3. The molecule has 8 nitrogen and oxygen atoms in total. The number of fused-ring (bicyclic) bond motifs is 1. The molecular formula is C26H30N4O4S. The first-order chi connectivity index (χ1) is 17.0. The fourth-order valence-electron chi connectivity index (χ4n) is 4.79. The number of hydrogen-bond donors (Lipinski definition) is 1. The van der Waals surface area contributed by atoms with E-state index in [0.717, 1.165) is 51.1 Å². The lowest BCUT2D eigenvalue weighted by Crippen LogP contribution is -2.50. The molecule has 3 heterocycles. The molecule has 184 valence electrons. The van der Waals surface area contributed by atoms with Gasteiger partial charge in [0.1, 0.15) is 4.90 Å². The van der Waals surface area contributed by atoms with Gasteiger partial charge >= 0.3 is 0 Å². The lowest BCUT2D eigenvalue weighted by Gasteiger charge is -2.37. The van der Waals surface area contributed by atoms with Crippen molar-refractivity contribution in [3.63, 3.8) is 0 Å². The van der Waals surface area contributed by atoms with E-state index < -0.39 is 10.0 Å². The lowest BCUT2D eigenvalue weighted by atomic mass is 9.99. The molecule has 1 N–H and O–H groups in total. The second kappa shape index (κ2) is 10.3. The molecule has 1 amide bonds. The monoisotopic (exact) mass is 494 g/mol. The third kappa shape index (κ3) is 5.47. The Balaban J connectivity index is 1.20. The van der Waals surface area contributed by atoms with E-state index in [1.54, 1.807) is 42.6 Å². The number of pyridine rings is 1. The smallest absolute Gasteiger partial charge is 0.264 e. The Bertz CT molecular complexity index is 1280. The van der Waals surface area contributed by atoms with Crippen molar-refractivity contribution in [2.45, 2.75) is 17.7 Å². The summed E-state index contributed by atoms with van der Waals surface area (Å²) in [4.78, 5) is 21.7. The average molecular weight is 495 g/mol. The van der Waals surface area contributed by atoms with Crippen LogP contribution in [0.3, 0.4) is 0 Å². The van der Waals surface area contributed by atoms with Crippen molar-refractivity contribution in [1.29, 1.82) is 0 Å². The Labute approximate surface area is 205 Å². The highest BCUT2D eigenvalue weighted by Gasteiger charge is 2.25. The molecule has 5 rings (SSSR count). The number of ether oxygens (including phenoxy) is 1. The van der Waals surface area contributed by atoms with Crippen LogP contribution in [0.5, 0.6) is 0 Å². The van der Waals surface area contributed by atoms with Gasteiger partial charge in [0.2, 0.25) is 0 Å². The minimum atomic E-state index is -3.83. The number of aromatic nitrogens is 1. The van der Waals surface area contributed by atoms with Crippen LogP contribution in [-0.4, -0.2) is 75.0 Å². The van der Waals surface area contributed by atoms with Gasteiger partial charge in [-0.2, -0.15) is 0 Å². The molecule has 2 aromatic carbocycles. The first kappa shape index (κ1) is 23.7. The molecule has 0 bridgehead atoms. The summed E-state index contributed by atoms with van der Waals surface area (Å²) in [5, 5.41) is 0.754. The van der Waals surface area contributed by atoms with Crippen LogP contribution in [-0.2, 0) is 14.8 Å². The van der Waals surface area contributed by atoms with E-state index in [-0.39, 0.29) is 10.8 Å². The van der Waals surface area contributed by atoms with Crippen LogP contribution in [0, 0.1) is 5.92 Å². The SMILES string of the molecule is O=C(c1ccc(NS(=O)(=O)c2cccc3cccnc23)cc1)N1CCN(CC2CCOCC2)CC1. The van der Waals surface area contributed by atoms with E-state index in [9.17, 15) is 13.2 Å². The number of carbonyl (C=O) groups excluding carboxylic acids is 1. The Hall–Kier alpha value is -3.01. The van der Waals surface area contributed by atoms with Crippen LogP contribution in [0.15, 0.2) is 65.7 Å². The minimum Gasteiger partial charge on any atom is -0.381 e. The number of benzene rings is 2. The molecule has 3 aromatic rings. The van der Waals surface area contributed by atoms with Gasteiger partial charge < -0.3 is 9.64 Å². The van der Waals surface area contributed by atoms with Crippen LogP contribution >= 0.6 is 0 Å². The van der Waals surface area contributed by atoms with E-state index in [4.69, 9.17) is 4.74 Å². The van der Waals surface area contributed by atoms with Crippen LogP contribution < -0.4 is 4.72 Å². The molecule has 0 unspecified atom stereocenters. The van der Waals surface area contributed by atoms with Crippen LogP contribution in [0.25, 0.3) is 10.9 Å². The fourth-order valence-corrected chi connectivity index (χ4v) is 6.03. The predicted molar refractivity (Wildman–Crippen MR) is 135 cm³/mol. The topological polar surface area (TPSA) is 91.8 Å². The standard InChI is InChI=1S/C26H30N4O4S/c31-26(30-15-13-29(14-16-30)19-20-10-17-34-18-11-20)22-6-8-23(9-7-22)28-35(32,33)24-5-1-3-21-4-2-12-27-25(21)24/h1-9,12,20,28H,10-11,13-19H2. The van der Waals surface area contributed by atoms with Crippen molar-refractivity contribution in [1.82, 2.24) is 14.8 Å². The zero-order valence-corrected chi connectivity index (χ0v) is 20.4. The van der Waals surface area contributed by atoms with Gasteiger partial charge in [-0.25, -0.2) is 8.42 Å². The zero-order valence-electron chi connectivity index (χ0n) is 19.6. The van der Waals surface area contributed by atoms with E-state index >= 15 is 0 Å². The molecule has 2 saturated heterocycles. The van der Waals surface area contributed by atoms with Gasteiger partial charge in [0, 0.05) is 68.8 Å². The summed E-state index contributed by atoms with van der Waals surface area (Å²) in [6.07, 6.45) is 3.81.